The molecule has 6 heteroatoms. The summed E-state index contributed by atoms with van der Waals surface area (Å²) in [5, 5.41) is 3.08. The number of aromatic nitrogens is 2. The first kappa shape index (κ1) is 12.9. The molecule has 2 aromatic heterocycles. The van der Waals surface area contributed by atoms with Crippen molar-refractivity contribution in [1.82, 2.24) is 9.97 Å². The van der Waals surface area contributed by atoms with E-state index in [0.717, 1.165) is 11.3 Å². The third-order valence-electron chi connectivity index (χ3n) is 2.92. The zero-order chi connectivity index (χ0) is 14.7. The third kappa shape index (κ3) is 2.74. The van der Waals surface area contributed by atoms with E-state index in [1.165, 1.54) is 6.39 Å². The van der Waals surface area contributed by atoms with E-state index in [9.17, 15) is 4.79 Å². The van der Waals surface area contributed by atoms with Crippen molar-refractivity contribution in [1.29, 1.82) is 0 Å². The molecule has 21 heavy (non-hydrogen) atoms. The van der Waals surface area contributed by atoms with Gasteiger partial charge in [-0.25, -0.2) is 9.97 Å². The highest BCUT2D eigenvalue weighted by atomic mass is 16.3. The van der Waals surface area contributed by atoms with Crippen LogP contribution in [0.25, 0.3) is 11.3 Å². The zero-order valence-electron chi connectivity index (χ0n) is 11.0. The van der Waals surface area contributed by atoms with Crippen LogP contribution in [0.15, 0.2) is 59.6 Å². The summed E-state index contributed by atoms with van der Waals surface area (Å²) in [6.45, 7) is 0. The number of nitrogens with two attached hydrogens (primary N) is 1. The number of carbonyl (C=O) groups is 1. The fraction of sp³-hybridized carbons (Fsp3) is 0. The summed E-state index contributed by atoms with van der Waals surface area (Å²) in [5.74, 6) is 0.548. The average molecular weight is 280 g/mol. The van der Waals surface area contributed by atoms with Gasteiger partial charge in [0.2, 0.25) is 0 Å². The van der Waals surface area contributed by atoms with Crippen LogP contribution in [0, 0.1) is 0 Å². The summed E-state index contributed by atoms with van der Waals surface area (Å²) in [7, 11) is 0. The van der Waals surface area contributed by atoms with Crippen LogP contribution >= 0.6 is 0 Å². The molecule has 0 saturated carbocycles. The summed E-state index contributed by atoms with van der Waals surface area (Å²) in [4.78, 5) is 19.4. The Morgan fingerprint density at radius 3 is 2.90 bits per heavy atom. The smallest absolute Gasteiger partial charge is 0.252 e. The Kier molecular flexibility index (Phi) is 3.34. The van der Waals surface area contributed by atoms with Gasteiger partial charge < -0.3 is 15.5 Å². The normalized spacial score (nSPS) is 10.3. The van der Waals surface area contributed by atoms with Gasteiger partial charge >= 0.3 is 0 Å². The van der Waals surface area contributed by atoms with Gasteiger partial charge in [-0.15, -0.1) is 0 Å². The molecule has 1 aromatic carbocycles. The van der Waals surface area contributed by atoms with Gasteiger partial charge in [0.05, 0.1) is 11.8 Å². The monoisotopic (exact) mass is 280 g/mol. The van der Waals surface area contributed by atoms with E-state index < -0.39 is 5.91 Å². The van der Waals surface area contributed by atoms with Crippen LogP contribution < -0.4 is 11.1 Å². The number of hydrogen-bond donors (Lipinski definition) is 2. The molecule has 0 bridgehead atoms. The van der Waals surface area contributed by atoms with Crippen LogP contribution in [-0.4, -0.2) is 15.9 Å². The number of primary amides is 1. The predicted molar refractivity (Wildman–Crippen MR) is 78.0 cm³/mol. The fourth-order valence-electron chi connectivity index (χ4n) is 1.95. The van der Waals surface area contributed by atoms with Crippen LogP contribution in [0.1, 0.15) is 10.4 Å². The van der Waals surface area contributed by atoms with Crippen LogP contribution in [0.2, 0.25) is 0 Å². The van der Waals surface area contributed by atoms with Crippen molar-refractivity contribution in [2.45, 2.75) is 0 Å². The first-order valence-electron chi connectivity index (χ1n) is 6.25. The zero-order valence-corrected chi connectivity index (χ0v) is 11.0. The number of oxazole rings is 1. The molecule has 104 valence electrons. The molecule has 0 spiro atoms. The van der Waals surface area contributed by atoms with E-state index in [4.69, 9.17) is 10.2 Å². The van der Waals surface area contributed by atoms with Crippen LogP contribution in [0.5, 0.6) is 0 Å². The fourth-order valence-corrected chi connectivity index (χ4v) is 1.95. The predicted octanol–water partition coefficient (Wildman–Crippen LogP) is 2.58. The molecule has 2 heterocycles. The molecule has 0 fully saturated rings. The van der Waals surface area contributed by atoms with Crippen LogP contribution in [0.4, 0.5) is 11.5 Å². The Bertz CT molecular complexity index is 769. The SMILES string of the molecule is NC(=O)c1cccnc1Nc1cccc(-c2cnco2)c1. The summed E-state index contributed by atoms with van der Waals surface area (Å²) >= 11 is 0. The highest BCUT2D eigenvalue weighted by Crippen LogP contribution is 2.24. The van der Waals surface area contributed by atoms with Crippen molar-refractivity contribution in [3.63, 3.8) is 0 Å². The summed E-state index contributed by atoms with van der Waals surface area (Å²) in [5.41, 5.74) is 7.31. The lowest BCUT2D eigenvalue weighted by molar-refractivity contribution is 0.100. The van der Waals surface area contributed by atoms with E-state index in [-0.39, 0.29) is 0 Å². The van der Waals surface area contributed by atoms with Crippen molar-refractivity contribution in [3.8, 4) is 11.3 Å². The van der Waals surface area contributed by atoms with Gasteiger partial charge in [0, 0.05) is 17.4 Å². The lowest BCUT2D eigenvalue weighted by Gasteiger charge is -2.09. The van der Waals surface area contributed by atoms with Gasteiger partial charge in [-0.3, -0.25) is 4.79 Å². The topological polar surface area (TPSA) is 94.0 Å². The molecule has 0 saturated heterocycles. The van der Waals surface area contributed by atoms with Crippen molar-refractivity contribution >= 4 is 17.4 Å². The Balaban J connectivity index is 1.93. The Hall–Kier alpha value is -3.15. The van der Waals surface area contributed by atoms with Crippen molar-refractivity contribution in [2.24, 2.45) is 5.73 Å². The highest BCUT2D eigenvalue weighted by Gasteiger charge is 2.09. The third-order valence-corrected chi connectivity index (χ3v) is 2.92. The average Bonchev–Trinajstić information content (AvgIpc) is 3.02. The number of nitrogens with zero attached hydrogens (tertiary/aromatic N) is 2. The van der Waals surface area contributed by atoms with Crippen molar-refractivity contribution in [2.75, 3.05) is 5.32 Å². The second-order valence-electron chi connectivity index (χ2n) is 4.34. The number of nitrogens with one attached hydrogen (secondary N) is 1. The first-order chi connectivity index (χ1) is 10.2. The Labute approximate surface area is 120 Å². The Morgan fingerprint density at radius 2 is 2.14 bits per heavy atom. The van der Waals surface area contributed by atoms with E-state index in [0.29, 0.717) is 17.1 Å². The van der Waals surface area contributed by atoms with E-state index in [1.54, 1.807) is 24.5 Å². The van der Waals surface area contributed by atoms with Crippen molar-refractivity contribution in [3.05, 3.63) is 60.7 Å². The molecular formula is C15H12N4O2. The Morgan fingerprint density at radius 1 is 1.24 bits per heavy atom. The minimum absolute atomic E-state index is 0.336. The van der Waals surface area contributed by atoms with Crippen LogP contribution in [0.3, 0.4) is 0 Å². The van der Waals surface area contributed by atoms with Gasteiger partial charge in [0.1, 0.15) is 5.82 Å². The number of pyridine rings is 1. The van der Waals surface area contributed by atoms with Gasteiger partial charge in [0.25, 0.3) is 5.91 Å². The molecule has 3 N–H and O–H groups in total. The van der Waals surface area contributed by atoms with Crippen LogP contribution in [-0.2, 0) is 0 Å². The standard InChI is InChI=1S/C15H12N4O2/c16-14(20)12-5-2-6-18-15(12)19-11-4-1-3-10(7-11)13-8-17-9-21-13/h1-9H,(H2,16,20)(H,18,19). The van der Waals surface area contributed by atoms with E-state index in [1.807, 2.05) is 24.3 Å². The maximum atomic E-state index is 11.4. The molecule has 3 aromatic rings. The molecule has 6 nitrogen and oxygen atoms in total. The molecule has 3 rings (SSSR count). The molecule has 0 aliphatic rings. The second-order valence-corrected chi connectivity index (χ2v) is 4.34. The quantitative estimate of drug-likeness (QED) is 0.766. The molecule has 0 aliphatic heterocycles. The molecule has 0 radical (unpaired) electrons. The molecule has 0 atom stereocenters. The van der Waals surface area contributed by atoms with Gasteiger partial charge in [0.15, 0.2) is 12.2 Å². The summed E-state index contributed by atoms with van der Waals surface area (Å²) in [6, 6.07) is 10.8. The van der Waals surface area contributed by atoms with Crippen molar-refractivity contribution < 1.29 is 9.21 Å². The molecule has 0 unspecified atom stereocenters. The molecular weight excluding hydrogens is 268 g/mol. The largest absolute Gasteiger partial charge is 0.444 e. The van der Waals surface area contributed by atoms with Gasteiger partial charge in [-0.05, 0) is 24.3 Å². The number of benzene rings is 1. The van der Waals surface area contributed by atoms with Gasteiger partial charge in [-0.2, -0.15) is 0 Å². The number of carbonyl (C=O) groups excluding carboxylic acids is 1. The maximum Gasteiger partial charge on any atom is 0.252 e. The number of anilines is 2. The number of hydrogen-bond acceptors (Lipinski definition) is 5. The highest BCUT2D eigenvalue weighted by molar-refractivity contribution is 5.98. The first-order valence-corrected chi connectivity index (χ1v) is 6.25. The second kappa shape index (κ2) is 5.46. The molecule has 0 aliphatic carbocycles. The maximum absolute atomic E-state index is 11.4. The lowest BCUT2D eigenvalue weighted by atomic mass is 10.1. The van der Waals surface area contributed by atoms with E-state index in [2.05, 4.69) is 15.3 Å². The lowest BCUT2D eigenvalue weighted by Crippen LogP contribution is -2.14. The minimum atomic E-state index is -0.531. The number of amides is 1. The minimum Gasteiger partial charge on any atom is -0.444 e. The summed E-state index contributed by atoms with van der Waals surface area (Å²) < 4.78 is 5.26. The van der Waals surface area contributed by atoms with E-state index >= 15 is 0 Å². The van der Waals surface area contributed by atoms with Gasteiger partial charge in [-0.1, -0.05) is 12.1 Å². The molecule has 1 amide bonds. The number of rotatable bonds is 4. The summed E-state index contributed by atoms with van der Waals surface area (Å²) in [6.07, 6.45) is 4.60.